The van der Waals surface area contributed by atoms with Crippen molar-refractivity contribution in [1.82, 2.24) is 4.90 Å². The number of nitrogens with zero attached hydrogens (tertiary/aromatic N) is 1. The predicted octanol–water partition coefficient (Wildman–Crippen LogP) is 2.79. The van der Waals surface area contributed by atoms with Gasteiger partial charge in [0.15, 0.2) is 0 Å². The maximum Gasteiger partial charge on any atom is 0.0480 e. The van der Waals surface area contributed by atoms with Crippen LogP contribution >= 0.6 is 0 Å². The lowest BCUT2D eigenvalue weighted by Gasteiger charge is -2.44. The molecule has 2 N–H and O–H groups in total. The lowest BCUT2D eigenvalue weighted by molar-refractivity contribution is 0.000452. The zero-order valence-electron chi connectivity index (χ0n) is 12.6. The van der Waals surface area contributed by atoms with E-state index in [9.17, 15) is 0 Å². The van der Waals surface area contributed by atoms with Crippen LogP contribution in [-0.2, 0) is 4.74 Å². The molecule has 0 aromatic heterocycles. The zero-order chi connectivity index (χ0) is 13.4. The van der Waals surface area contributed by atoms with Gasteiger partial charge in [0.2, 0.25) is 0 Å². The Hall–Kier alpha value is -0.120. The Morgan fingerprint density at radius 2 is 1.89 bits per heavy atom. The van der Waals surface area contributed by atoms with Gasteiger partial charge in [-0.1, -0.05) is 32.6 Å². The molecule has 1 unspecified atom stereocenters. The molecule has 0 aromatic rings. The Morgan fingerprint density at radius 3 is 2.44 bits per heavy atom. The molecule has 0 aromatic carbocycles. The summed E-state index contributed by atoms with van der Waals surface area (Å²) < 4.78 is 5.45. The fourth-order valence-corrected chi connectivity index (χ4v) is 2.87. The first-order valence-electron chi connectivity index (χ1n) is 7.65. The molecule has 1 fully saturated rings. The van der Waals surface area contributed by atoms with Crippen LogP contribution in [-0.4, -0.2) is 43.3 Å². The van der Waals surface area contributed by atoms with Gasteiger partial charge in [-0.05, 0) is 33.2 Å². The molecule has 1 heterocycles. The predicted molar refractivity (Wildman–Crippen MR) is 77.8 cm³/mol. The van der Waals surface area contributed by atoms with Gasteiger partial charge in [0.25, 0.3) is 0 Å². The Labute approximate surface area is 113 Å². The van der Waals surface area contributed by atoms with E-state index < -0.39 is 0 Å². The summed E-state index contributed by atoms with van der Waals surface area (Å²) in [7, 11) is 2.25. The Balaban J connectivity index is 2.44. The van der Waals surface area contributed by atoms with E-state index in [0.29, 0.717) is 6.04 Å². The standard InChI is InChI=1S/C15H32N2O/c1-4-5-6-7-10-15(2,13-16)17(3)14-8-11-18-12-9-14/h14H,4-13,16H2,1-3H3. The molecule has 1 atom stereocenters. The summed E-state index contributed by atoms with van der Waals surface area (Å²) in [5.41, 5.74) is 6.22. The molecule has 0 saturated carbocycles. The molecule has 0 radical (unpaired) electrons. The first kappa shape index (κ1) is 15.9. The van der Waals surface area contributed by atoms with Crippen LogP contribution in [0.2, 0.25) is 0 Å². The minimum Gasteiger partial charge on any atom is -0.381 e. The third-order valence-electron chi connectivity index (χ3n) is 4.60. The molecule has 1 aliphatic rings. The van der Waals surface area contributed by atoms with E-state index in [1.165, 1.54) is 32.1 Å². The summed E-state index contributed by atoms with van der Waals surface area (Å²) in [6.07, 6.45) is 8.82. The first-order chi connectivity index (χ1) is 8.64. The maximum atomic E-state index is 6.06. The molecule has 0 bridgehead atoms. The number of rotatable bonds is 8. The largest absolute Gasteiger partial charge is 0.381 e. The van der Waals surface area contributed by atoms with Crippen molar-refractivity contribution >= 4 is 0 Å². The topological polar surface area (TPSA) is 38.5 Å². The average Bonchev–Trinajstić information content (AvgIpc) is 2.43. The molecule has 1 aliphatic heterocycles. The van der Waals surface area contributed by atoms with Crippen molar-refractivity contribution in [1.29, 1.82) is 0 Å². The van der Waals surface area contributed by atoms with E-state index in [1.54, 1.807) is 0 Å². The highest BCUT2D eigenvalue weighted by Crippen LogP contribution is 2.26. The van der Waals surface area contributed by atoms with Crippen molar-refractivity contribution in [2.24, 2.45) is 5.73 Å². The van der Waals surface area contributed by atoms with Crippen LogP contribution in [0.15, 0.2) is 0 Å². The first-order valence-corrected chi connectivity index (χ1v) is 7.65. The van der Waals surface area contributed by atoms with E-state index in [2.05, 4.69) is 25.8 Å². The fourth-order valence-electron chi connectivity index (χ4n) is 2.87. The molecule has 0 amide bonds. The summed E-state index contributed by atoms with van der Waals surface area (Å²) in [4.78, 5) is 2.53. The number of unbranched alkanes of at least 4 members (excludes halogenated alkanes) is 3. The van der Waals surface area contributed by atoms with Gasteiger partial charge >= 0.3 is 0 Å². The molecule has 0 spiro atoms. The molecule has 3 nitrogen and oxygen atoms in total. The van der Waals surface area contributed by atoms with Crippen LogP contribution in [0.25, 0.3) is 0 Å². The van der Waals surface area contributed by atoms with E-state index in [-0.39, 0.29) is 5.54 Å². The van der Waals surface area contributed by atoms with Gasteiger partial charge in [0.05, 0.1) is 0 Å². The minimum absolute atomic E-state index is 0.162. The quantitative estimate of drug-likeness (QED) is 0.679. The van der Waals surface area contributed by atoms with E-state index in [4.69, 9.17) is 10.5 Å². The van der Waals surface area contributed by atoms with Crippen molar-refractivity contribution in [2.75, 3.05) is 26.8 Å². The fraction of sp³-hybridized carbons (Fsp3) is 1.00. The second-order valence-electron chi connectivity index (χ2n) is 5.97. The third-order valence-corrected chi connectivity index (χ3v) is 4.60. The van der Waals surface area contributed by atoms with Crippen LogP contribution in [0.3, 0.4) is 0 Å². The van der Waals surface area contributed by atoms with E-state index in [1.807, 2.05) is 0 Å². The van der Waals surface area contributed by atoms with Crippen molar-refractivity contribution in [3.05, 3.63) is 0 Å². The maximum absolute atomic E-state index is 6.06. The lowest BCUT2D eigenvalue weighted by atomic mass is 9.89. The molecule has 3 heteroatoms. The van der Waals surface area contributed by atoms with Gasteiger partial charge in [-0.25, -0.2) is 0 Å². The van der Waals surface area contributed by atoms with Crippen LogP contribution in [0, 0.1) is 0 Å². The monoisotopic (exact) mass is 256 g/mol. The van der Waals surface area contributed by atoms with Crippen molar-refractivity contribution in [3.8, 4) is 0 Å². The van der Waals surface area contributed by atoms with Crippen LogP contribution in [0.5, 0.6) is 0 Å². The van der Waals surface area contributed by atoms with Gasteiger partial charge in [-0.15, -0.1) is 0 Å². The van der Waals surface area contributed by atoms with Gasteiger partial charge < -0.3 is 10.5 Å². The number of hydrogen-bond donors (Lipinski definition) is 1. The smallest absolute Gasteiger partial charge is 0.0480 e. The van der Waals surface area contributed by atoms with Crippen LogP contribution < -0.4 is 5.73 Å². The molecule has 1 rings (SSSR count). The van der Waals surface area contributed by atoms with E-state index >= 15 is 0 Å². The average molecular weight is 256 g/mol. The summed E-state index contributed by atoms with van der Waals surface area (Å²) in [5.74, 6) is 0. The molecule has 1 saturated heterocycles. The second-order valence-corrected chi connectivity index (χ2v) is 5.97. The number of likely N-dealkylation sites (N-methyl/N-ethyl adjacent to an activating group) is 1. The number of nitrogens with two attached hydrogens (primary N) is 1. The highest BCUT2D eigenvalue weighted by molar-refractivity contribution is 4.90. The Morgan fingerprint density at radius 1 is 1.22 bits per heavy atom. The SMILES string of the molecule is CCCCCCC(C)(CN)N(C)C1CCOCC1. The van der Waals surface area contributed by atoms with Crippen molar-refractivity contribution in [3.63, 3.8) is 0 Å². The van der Waals surface area contributed by atoms with Gasteiger partial charge in [0.1, 0.15) is 0 Å². The summed E-state index contributed by atoms with van der Waals surface area (Å²) >= 11 is 0. The third kappa shape index (κ3) is 4.52. The molecular formula is C15H32N2O. The zero-order valence-corrected chi connectivity index (χ0v) is 12.6. The minimum atomic E-state index is 0.162. The van der Waals surface area contributed by atoms with Crippen LogP contribution in [0.1, 0.15) is 58.8 Å². The number of ether oxygens (including phenoxy) is 1. The van der Waals surface area contributed by atoms with Gasteiger partial charge in [-0.2, -0.15) is 0 Å². The highest BCUT2D eigenvalue weighted by Gasteiger charge is 2.32. The Bertz CT molecular complexity index is 217. The van der Waals surface area contributed by atoms with Crippen LogP contribution in [0.4, 0.5) is 0 Å². The van der Waals surface area contributed by atoms with Crippen molar-refractivity contribution < 1.29 is 4.74 Å². The molecule has 18 heavy (non-hydrogen) atoms. The lowest BCUT2D eigenvalue weighted by Crippen LogP contribution is -2.55. The normalized spacial score (nSPS) is 21.2. The summed E-state index contributed by atoms with van der Waals surface area (Å²) in [5, 5.41) is 0. The van der Waals surface area contributed by atoms with Crippen molar-refractivity contribution in [2.45, 2.75) is 70.4 Å². The summed E-state index contributed by atoms with van der Waals surface area (Å²) in [6, 6.07) is 0.651. The molecule has 0 aliphatic carbocycles. The number of hydrogen-bond acceptors (Lipinski definition) is 3. The van der Waals surface area contributed by atoms with Gasteiger partial charge in [0, 0.05) is 31.3 Å². The Kier molecular flexibility index (Phi) is 7.20. The second kappa shape index (κ2) is 8.13. The highest BCUT2D eigenvalue weighted by atomic mass is 16.5. The molecule has 108 valence electrons. The molecular weight excluding hydrogens is 224 g/mol. The van der Waals surface area contributed by atoms with Gasteiger partial charge in [-0.3, -0.25) is 4.90 Å². The summed E-state index contributed by atoms with van der Waals surface area (Å²) in [6.45, 7) is 7.16. The van der Waals surface area contributed by atoms with E-state index in [0.717, 1.165) is 32.6 Å².